The fraction of sp³-hybridized carbons (Fsp3) is 0.444. The zero-order valence-corrected chi connectivity index (χ0v) is 16.4. The van der Waals surface area contributed by atoms with Gasteiger partial charge in [-0.15, -0.1) is 0 Å². The second-order valence-corrected chi connectivity index (χ2v) is 6.06. The van der Waals surface area contributed by atoms with Crippen molar-refractivity contribution in [2.45, 2.75) is 19.4 Å². The lowest BCUT2D eigenvalue weighted by Gasteiger charge is -2.27. The third kappa shape index (κ3) is 6.26. The Morgan fingerprint density at radius 3 is 2.07 bits per heavy atom. The Morgan fingerprint density at radius 2 is 1.59 bits per heavy atom. The van der Waals surface area contributed by atoms with E-state index in [0.717, 1.165) is 21.3 Å². The lowest BCUT2D eigenvalue weighted by atomic mass is 9.87. The first-order valence-corrected chi connectivity index (χ1v) is 8.42. The maximum Gasteiger partial charge on any atom is 0.328 e. The van der Waals surface area contributed by atoms with Gasteiger partial charge in [0.2, 0.25) is 5.91 Å². The Morgan fingerprint density at radius 1 is 1.03 bits per heavy atom. The molecule has 0 fully saturated rings. The molecule has 0 bridgehead atoms. The van der Waals surface area contributed by atoms with Gasteiger partial charge in [-0.05, 0) is 5.56 Å². The number of ether oxygens (including phenoxy) is 3. The van der Waals surface area contributed by atoms with Crippen molar-refractivity contribution < 1.29 is 38.3 Å². The summed E-state index contributed by atoms with van der Waals surface area (Å²) in [5, 5.41) is 13.3. The average molecular weight is 410 g/mol. The number of rotatable bonds is 9. The lowest BCUT2D eigenvalue weighted by Crippen LogP contribution is -2.51. The van der Waals surface area contributed by atoms with Crippen molar-refractivity contribution in [3.63, 3.8) is 0 Å². The lowest BCUT2D eigenvalue weighted by molar-refractivity contribution is -0.384. The summed E-state index contributed by atoms with van der Waals surface area (Å²) in [6.07, 6.45) is -0.275. The summed E-state index contributed by atoms with van der Waals surface area (Å²) < 4.78 is 13.8. The minimum Gasteiger partial charge on any atom is -0.468 e. The molecule has 158 valence electrons. The maximum absolute atomic E-state index is 12.4. The normalized spacial score (nSPS) is 12.4. The molecule has 0 saturated carbocycles. The molecule has 1 aromatic rings. The van der Waals surface area contributed by atoms with Crippen LogP contribution in [0.1, 0.15) is 12.5 Å². The number of benzene rings is 1. The molecule has 0 unspecified atom stereocenters. The molecule has 2 atom stereocenters. The van der Waals surface area contributed by atoms with Gasteiger partial charge < -0.3 is 19.5 Å². The van der Waals surface area contributed by atoms with Gasteiger partial charge in [0.1, 0.15) is 6.04 Å². The molecular weight excluding hydrogens is 388 g/mol. The third-order valence-corrected chi connectivity index (χ3v) is 4.22. The molecule has 0 aliphatic carbocycles. The number of nitrogens with one attached hydrogen (secondary N) is 1. The summed E-state index contributed by atoms with van der Waals surface area (Å²) >= 11 is 0. The Balaban J connectivity index is 3.06. The molecule has 0 saturated heterocycles. The van der Waals surface area contributed by atoms with Crippen LogP contribution in [0.2, 0.25) is 0 Å². The highest BCUT2D eigenvalue weighted by Crippen LogP contribution is 2.21. The molecule has 1 aromatic carbocycles. The molecule has 29 heavy (non-hydrogen) atoms. The summed E-state index contributed by atoms with van der Waals surface area (Å²) in [5.74, 6) is -5.97. The van der Waals surface area contributed by atoms with Gasteiger partial charge >= 0.3 is 17.9 Å². The number of carbonyl (C=O) groups excluding carboxylic acids is 4. The van der Waals surface area contributed by atoms with Crippen LogP contribution >= 0.6 is 0 Å². The second-order valence-electron chi connectivity index (χ2n) is 6.06. The van der Waals surface area contributed by atoms with Crippen molar-refractivity contribution in [1.29, 1.82) is 0 Å². The fourth-order valence-electron chi connectivity index (χ4n) is 2.69. The van der Waals surface area contributed by atoms with Crippen LogP contribution in [0.4, 0.5) is 5.69 Å². The van der Waals surface area contributed by atoms with E-state index in [9.17, 15) is 29.3 Å². The van der Waals surface area contributed by atoms with E-state index in [2.05, 4.69) is 19.5 Å². The van der Waals surface area contributed by atoms with Crippen molar-refractivity contribution in [3.05, 3.63) is 39.9 Å². The van der Waals surface area contributed by atoms with Gasteiger partial charge in [0, 0.05) is 18.1 Å². The number of nitrogens with zero attached hydrogens (tertiary/aromatic N) is 1. The minimum absolute atomic E-state index is 0.190. The molecule has 0 aromatic heterocycles. The first kappa shape index (κ1) is 23.5. The minimum atomic E-state index is -1.48. The van der Waals surface area contributed by atoms with Gasteiger partial charge in [-0.25, -0.2) is 4.79 Å². The molecule has 0 spiro atoms. The van der Waals surface area contributed by atoms with E-state index in [1.807, 2.05) is 0 Å². The summed E-state index contributed by atoms with van der Waals surface area (Å²) in [6, 6.07) is 4.06. The van der Waals surface area contributed by atoms with Crippen LogP contribution < -0.4 is 5.32 Å². The predicted molar refractivity (Wildman–Crippen MR) is 97.4 cm³/mol. The number of carbonyl (C=O) groups is 4. The highest BCUT2D eigenvalue weighted by atomic mass is 16.6. The van der Waals surface area contributed by atoms with E-state index >= 15 is 0 Å². The second kappa shape index (κ2) is 10.7. The highest BCUT2D eigenvalue weighted by Gasteiger charge is 2.42. The van der Waals surface area contributed by atoms with Gasteiger partial charge in [0.05, 0.1) is 32.7 Å². The first-order chi connectivity index (χ1) is 13.7. The summed E-state index contributed by atoms with van der Waals surface area (Å²) in [5.41, 5.74) is 0.148. The topological polar surface area (TPSA) is 151 Å². The van der Waals surface area contributed by atoms with Crippen LogP contribution in [0, 0.1) is 22.0 Å². The number of nitro groups is 1. The number of methoxy groups -OCH3 is 3. The zero-order valence-electron chi connectivity index (χ0n) is 16.4. The Kier molecular flexibility index (Phi) is 8.71. The molecule has 0 aliphatic heterocycles. The summed E-state index contributed by atoms with van der Waals surface area (Å²) in [7, 11) is 3.22. The fourth-order valence-corrected chi connectivity index (χ4v) is 2.69. The number of hydrogen-bond acceptors (Lipinski definition) is 9. The smallest absolute Gasteiger partial charge is 0.328 e. The average Bonchev–Trinajstić information content (AvgIpc) is 2.71. The van der Waals surface area contributed by atoms with Crippen LogP contribution in [-0.2, 0) is 39.8 Å². The molecule has 0 heterocycles. The molecule has 11 heteroatoms. The van der Waals surface area contributed by atoms with Gasteiger partial charge in [-0.3, -0.25) is 24.5 Å². The van der Waals surface area contributed by atoms with Gasteiger partial charge in [0.15, 0.2) is 5.92 Å². The van der Waals surface area contributed by atoms with Crippen molar-refractivity contribution in [2.75, 3.05) is 21.3 Å². The number of non-ortho nitro benzene ring substituents is 1. The summed E-state index contributed by atoms with van der Waals surface area (Å²) in [4.78, 5) is 58.8. The van der Waals surface area contributed by atoms with E-state index in [1.165, 1.54) is 31.2 Å². The quantitative estimate of drug-likeness (QED) is 0.200. The van der Waals surface area contributed by atoms with Gasteiger partial charge in [0.25, 0.3) is 5.69 Å². The van der Waals surface area contributed by atoms with E-state index < -0.39 is 46.6 Å². The van der Waals surface area contributed by atoms with E-state index in [-0.39, 0.29) is 12.1 Å². The van der Waals surface area contributed by atoms with Crippen LogP contribution in [0.5, 0.6) is 0 Å². The Hall–Kier alpha value is -3.50. The van der Waals surface area contributed by atoms with Crippen molar-refractivity contribution in [3.8, 4) is 0 Å². The van der Waals surface area contributed by atoms with Crippen LogP contribution in [0.15, 0.2) is 24.3 Å². The standard InChI is InChI=1S/C18H22N2O9/c1-10(14(16(22)27-2)17(23)28-3)15(18(24)29-4)19-13(21)9-11-6-5-7-12(8-11)20(25)26/h5-8,10,14-15H,9H2,1-4H3,(H,19,21)/t10-,15+/m1/s1. The van der Waals surface area contributed by atoms with Crippen molar-refractivity contribution in [1.82, 2.24) is 5.32 Å². The van der Waals surface area contributed by atoms with Gasteiger partial charge in [-0.2, -0.15) is 0 Å². The number of amides is 1. The highest BCUT2D eigenvalue weighted by molar-refractivity contribution is 5.96. The Labute approximate surface area is 166 Å². The molecule has 0 aliphatic rings. The monoisotopic (exact) mass is 410 g/mol. The van der Waals surface area contributed by atoms with Crippen LogP contribution in [0.25, 0.3) is 0 Å². The van der Waals surface area contributed by atoms with E-state index in [1.54, 1.807) is 0 Å². The first-order valence-electron chi connectivity index (χ1n) is 8.42. The molecule has 0 radical (unpaired) electrons. The molecule has 1 rings (SSSR count). The van der Waals surface area contributed by atoms with Gasteiger partial charge in [-0.1, -0.05) is 19.1 Å². The number of nitro benzene ring substituents is 1. The molecule has 1 N–H and O–H groups in total. The van der Waals surface area contributed by atoms with Crippen molar-refractivity contribution >= 4 is 29.5 Å². The SMILES string of the molecule is COC(=O)C(C(=O)OC)[C@@H](C)[C@H](NC(=O)Cc1cccc([N+](=O)[O-])c1)C(=O)OC. The Bertz CT molecular complexity index is 777. The number of esters is 3. The molecular formula is C18H22N2O9. The summed E-state index contributed by atoms with van der Waals surface area (Å²) in [6.45, 7) is 1.38. The third-order valence-electron chi connectivity index (χ3n) is 4.22. The van der Waals surface area contributed by atoms with E-state index in [4.69, 9.17) is 0 Å². The predicted octanol–water partition coefficient (Wildman–Crippen LogP) is 0.393. The number of hydrogen-bond donors (Lipinski definition) is 1. The largest absolute Gasteiger partial charge is 0.468 e. The van der Waals surface area contributed by atoms with E-state index in [0.29, 0.717) is 5.56 Å². The molecule has 1 amide bonds. The maximum atomic E-state index is 12.4. The van der Waals surface area contributed by atoms with Crippen LogP contribution in [-0.4, -0.2) is 56.1 Å². The van der Waals surface area contributed by atoms with Crippen molar-refractivity contribution in [2.24, 2.45) is 11.8 Å². The molecule has 11 nitrogen and oxygen atoms in total. The zero-order chi connectivity index (χ0) is 22.1. The van der Waals surface area contributed by atoms with Crippen LogP contribution in [0.3, 0.4) is 0 Å².